The van der Waals surface area contributed by atoms with Crippen molar-refractivity contribution in [2.45, 2.75) is 58.5 Å². The average Bonchev–Trinajstić information content (AvgIpc) is 2.65. The van der Waals surface area contributed by atoms with Crippen molar-refractivity contribution in [3.8, 4) is 0 Å². The molecule has 0 aromatic heterocycles. The standard InChI is InChI=1S/C23H33NO4/c1-16-11-12-19(23(3,4)18-9-7-6-8-10-18)21(15-16)28-22(26)20(13-14-27-5)24-17(2)25/h6-10,13,16,19,21H,11-12,14-15H2,1-5H3,(H,24,25)/b20-13-/t16-,19-,21-/m1/s1. The molecule has 5 heteroatoms. The molecule has 28 heavy (non-hydrogen) atoms. The number of hydrogen-bond acceptors (Lipinski definition) is 4. The fourth-order valence-electron chi connectivity index (χ4n) is 4.11. The van der Waals surface area contributed by atoms with Gasteiger partial charge in [0.1, 0.15) is 11.8 Å². The van der Waals surface area contributed by atoms with E-state index in [0.29, 0.717) is 5.92 Å². The Morgan fingerprint density at radius 1 is 1.21 bits per heavy atom. The average molecular weight is 388 g/mol. The van der Waals surface area contributed by atoms with Crippen LogP contribution in [0.2, 0.25) is 0 Å². The quantitative estimate of drug-likeness (QED) is 0.568. The Hall–Kier alpha value is -2.14. The maximum absolute atomic E-state index is 12.8. The molecular formula is C23H33NO4. The summed E-state index contributed by atoms with van der Waals surface area (Å²) in [5.74, 6) is -0.110. The van der Waals surface area contributed by atoms with Crippen LogP contribution < -0.4 is 5.32 Å². The maximum atomic E-state index is 12.8. The van der Waals surface area contributed by atoms with Crippen LogP contribution in [0.25, 0.3) is 0 Å². The van der Waals surface area contributed by atoms with E-state index in [2.05, 4.69) is 38.2 Å². The van der Waals surface area contributed by atoms with Crippen LogP contribution in [0.15, 0.2) is 42.1 Å². The Labute approximate surface area is 168 Å². The first-order chi connectivity index (χ1) is 13.3. The van der Waals surface area contributed by atoms with Gasteiger partial charge >= 0.3 is 5.97 Å². The minimum Gasteiger partial charge on any atom is -0.457 e. The molecule has 2 rings (SSSR count). The van der Waals surface area contributed by atoms with Gasteiger partial charge in [-0.2, -0.15) is 0 Å². The topological polar surface area (TPSA) is 64.6 Å². The zero-order chi connectivity index (χ0) is 20.7. The highest BCUT2D eigenvalue weighted by Gasteiger charge is 2.42. The normalized spacial score (nSPS) is 23.2. The van der Waals surface area contributed by atoms with Gasteiger partial charge in [-0.1, -0.05) is 57.5 Å². The van der Waals surface area contributed by atoms with Crippen molar-refractivity contribution in [1.29, 1.82) is 0 Å². The van der Waals surface area contributed by atoms with Crippen LogP contribution in [0.5, 0.6) is 0 Å². The molecule has 1 amide bonds. The van der Waals surface area contributed by atoms with Crippen LogP contribution in [0.1, 0.15) is 52.5 Å². The predicted molar refractivity (Wildman–Crippen MR) is 110 cm³/mol. The van der Waals surface area contributed by atoms with Crippen molar-refractivity contribution in [3.63, 3.8) is 0 Å². The van der Waals surface area contributed by atoms with Gasteiger partial charge in [0.2, 0.25) is 5.91 Å². The van der Waals surface area contributed by atoms with Crippen molar-refractivity contribution in [3.05, 3.63) is 47.7 Å². The Balaban J connectivity index is 2.23. The molecule has 0 bridgehead atoms. The Morgan fingerprint density at radius 3 is 2.50 bits per heavy atom. The van der Waals surface area contributed by atoms with E-state index in [4.69, 9.17) is 9.47 Å². The Kier molecular flexibility index (Phi) is 7.81. The molecule has 0 unspecified atom stereocenters. The number of hydrogen-bond donors (Lipinski definition) is 1. The zero-order valence-electron chi connectivity index (χ0n) is 17.7. The molecule has 0 aliphatic heterocycles. The van der Waals surface area contributed by atoms with Crippen molar-refractivity contribution < 1.29 is 19.1 Å². The number of amides is 1. The molecular weight excluding hydrogens is 354 g/mol. The monoisotopic (exact) mass is 387 g/mol. The van der Waals surface area contributed by atoms with Gasteiger partial charge < -0.3 is 14.8 Å². The highest BCUT2D eigenvalue weighted by Crippen LogP contribution is 2.43. The van der Waals surface area contributed by atoms with Crippen LogP contribution in [-0.4, -0.2) is 31.7 Å². The Bertz CT molecular complexity index is 696. The third kappa shape index (κ3) is 5.68. The summed E-state index contributed by atoms with van der Waals surface area (Å²) in [5, 5.41) is 2.57. The lowest BCUT2D eigenvalue weighted by Crippen LogP contribution is -2.44. The second-order valence-corrected chi connectivity index (χ2v) is 8.31. The molecule has 0 radical (unpaired) electrons. The molecule has 1 N–H and O–H groups in total. The van der Waals surface area contributed by atoms with Gasteiger partial charge in [-0.3, -0.25) is 4.79 Å². The van der Waals surface area contributed by atoms with Crippen LogP contribution in [0, 0.1) is 11.8 Å². The number of carbonyl (C=O) groups excluding carboxylic acids is 2. The highest BCUT2D eigenvalue weighted by molar-refractivity contribution is 5.93. The summed E-state index contributed by atoms with van der Waals surface area (Å²) in [7, 11) is 1.54. The van der Waals surface area contributed by atoms with Crippen molar-refractivity contribution >= 4 is 11.9 Å². The van der Waals surface area contributed by atoms with Gasteiger partial charge in [0, 0.05) is 20.0 Å². The van der Waals surface area contributed by atoms with E-state index in [-0.39, 0.29) is 35.6 Å². The number of rotatable bonds is 7. The molecule has 0 spiro atoms. The van der Waals surface area contributed by atoms with Gasteiger partial charge in [-0.25, -0.2) is 4.79 Å². The van der Waals surface area contributed by atoms with E-state index >= 15 is 0 Å². The summed E-state index contributed by atoms with van der Waals surface area (Å²) < 4.78 is 11.0. The van der Waals surface area contributed by atoms with Crippen molar-refractivity contribution in [1.82, 2.24) is 5.32 Å². The third-order valence-corrected chi connectivity index (χ3v) is 5.74. The molecule has 1 aromatic rings. The smallest absolute Gasteiger partial charge is 0.354 e. The lowest BCUT2D eigenvalue weighted by molar-refractivity contribution is -0.152. The number of carbonyl (C=O) groups is 2. The van der Waals surface area contributed by atoms with Gasteiger partial charge in [-0.15, -0.1) is 0 Å². The summed E-state index contributed by atoms with van der Waals surface area (Å²) in [6.07, 6.45) is 4.29. The first-order valence-electron chi connectivity index (χ1n) is 9.98. The van der Waals surface area contributed by atoms with E-state index in [1.807, 2.05) is 18.2 Å². The molecule has 0 heterocycles. The SMILES string of the molecule is COC/C=C(\NC(C)=O)C(=O)O[C@@H]1C[C@H](C)CC[C@H]1C(C)(C)c1ccccc1. The molecule has 1 aromatic carbocycles. The maximum Gasteiger partial charge on any atom is 0.354 e. The second-order valence-electron chi connectivity index (χ2n) is 8.31. The van der Waals surface area contributed by atoms with Gasteiger partial charge in [0.15, 0.2) is 0 Å². The summed E-state index contributed by atoms with van der Waals surface area (Å²) in [5.41, 5.74) is 1.26. The number of benzene rings is 1. The first-order valence-corrected chi connectivity index (χ1v) is 9.98. The summed E-state index contributed by atoms with van der Waals surface area (Å²) >= 11 is 0. The largest absolute Gasteiger partial charge is 0.457 e. The Morgan fingerprint density at radius 2 is 1.89 bits per heavy atom. The fraction of sp³-hybridized carbons (Fsp3) is 0.565. The molecule has 1 saturated carbocycles. The first kappa shape index (κ1) is 22.2. The lowest BCUT2D eigenvalue weighted by atomic mass is 9.64. The van der Waals surface area contributed by atoms with Crippen LogP contribution in [0.4, 0.5) is 0 Å². The van der Waals surface area contributed by atoms with E-state index < -0.39 is 5.97 Å². The van der Waals surface area contributed by atoms with Crippen LogP contribution in [-0.2, 0) is 24.5 Å². The zero-order valence-corrected chi connectivity index (χ0v) is 17.7. The molecule has 5 nitrogen and oxygen atoms in total. The van der Waals surface area contributed by atoms with E-state index in [1.165, 1.54) is 19.6 Å². The van der Waals surface area contributed by atoms with Crippen molar-refractivity contribution in [2.24, 2.45) is 11.8 Å². The summed E-state index contributed by atoms with van der Waals surface area (Å²) in [4.78, 5) is 24.3. The number of ether oxygens (including phenoxy) is 2. The fourth-order valence-corrected chi connectivity index (χ4v) is 4.11. The molecule has 3 atom stereocenters. The van der Waals surface area contributed by atoms with Gasteiger partial charge in [0.25, 0.3) is 0 Å². The van der Waals surface area contributed by atoms with Gasteiger partial charge in [-0.05, 0) is 35.8 Å². The highest BCUT2D eigenvalue weighted by atomic mass is 16.5. The summed E-state index contributed by atoms with van der Waals surface area (Å²) in [6.45, 7) is 8.24. The number of methoxy groups -OCH3 is 1. The second kappa shape index (κ2) is 9.87. The van der Waals surface area contributed by atoms with E-state index in [1.54, 1.807) is 6.08 Å². The molecule has 1 fully saturated rings. The molecule has 0 saturated heterocycles. The molecule has 1 aliphatic rings. The van der Waals surface area contributed by atoms with E-state index in [0.717, 1.165) is 19.3 Å². The van der Waals surface area contributed by atoms with Crippen LogP contribution in [0.3, 0.4) is 0 Å². The minimum atomic E-state index is -0.500. The number of nitrogens with one attached hydrogen (secondary N) is 1. The molecule has 154 valence electrons. The predicted octanol–water partition coefficient (Wildman–Crippen LogP) is 3.98. The van der Waals surface area contributed by atoms with Gasteiger partial charge in [0.05, 0.1) is 6.61 Å². The summed E-state index contributed by atoms with van der Waals surface area (Å²) in [6, 6.07) is 10.4. The number of esters is 1. The lowest BCUT2D eigenvalue weighted by Gasteiger charge is -2.44. The molecule has 1 aliphatic carbocycles. The van der Waals surface area contributed by atoms with Crippen LogP contribution >= 0.6 is 0 Å². The van der Waals surface area contributed by atoms with E-state index in [9.17, 15) is 9.59 Å². The third-order valence-electron chi connectivity index (χ3n) is 5.74. The minimum absolute atomic E-state index is 0.128. The van der Waals surface area contributed by atoms with Crippen molar-refractivity contribution in [2.75, 3.05) is 13.7 Å².